The Labute approximate surface area is 374 Å². The Bertz CT molecular complexity index is 3780. The summed E-state index contributed by atoms with van der Waals surface area (Å²) in [6, 6.07) is 10.7. The Balaban J connectivity index is 1.31. The highest BCUT2D eigenvalue weighted by molar-refractivity contribution is 6.14. The second kappa shape index (κ2) is 15.8. The lowest BCUT2D eigenvalue weighted by Gasteiger charge is -2.13. The molecule has 2 aromatic heterocycles. The van der Waals surface area contributed by atoms with Crippen LogP contribution in [-0.2, 0) is 0 Å². The second-order valence-electron chi connectivity index (χ2n) is 15.3. The van der Waals surface area contributed by atoms with Crippen molar-refractivity contribution in [2.75, 3.05) is 0 Å². The van der Waals surface area contributed by atoms with Crippen molar-refractivity contribution >= 4 is 43.6 Å². The van der Waals surface area contributed by atoms with Crippen LogP contribution in [0.25, 0.3) is 88.4 Å². The summed E-state index contributed by atoms with van der Waals surface area (Å²) in [5.41, 5.74) is -9.88. The fourth-order valence-electron chi connectivity index (χ4n) is 8.52. The number of rotatable bonds is 5. The van der Waals surface area contributed by atoms with Crippen LogP contribution in [0.1, 0.15) is 0 Å². The molecule has 0 N–H and O–H groups in total. The Kier molecular flexibility index (Phi) is 10.3. The van der Waals surface area contributed by atoms with Gasteiger partial charge in [-0.15, -0.1) is 0 Å². The number of hydrogen-bond donors (Lipinski definition) is 0. The van der Waals surface area contributed by atoms with E-state index in [1.54, 1.807) is 0 Å². The van der Waals surface area contributed by atoms with E-state index in [9.17, 15) is 52.7 Å². The van der Waals surface area contributed by atoms with Gasteiger partial charge in [0, 0.05) is 27.2 Å². The molecule has 0 saturated carbocycles. The molecule has 0 aliphatic heterocycles. The SMILES string of the molecule is Fc1c(F)c(F)c(-c2ccc3c(c2)c2cc(-c4c(F)c(F)c(F)c(F)c4F)ccc2n3-c2ccc3c(c2)c2cc(-c4c(F)c(F)c(F)c(F)c4F)ccc2n3-c2c(F)c(F)c(F)c(F)c2F)c(F)c1F. The van der Waals surface area contributed by atoms with Crippen molar-refractivity contribution in [2.24, 2.45) is 0 Å². The van der Waals surface area contributed by atoms with Crippen LogP contribution in [0.2, 0.25) is 0 Å². The predicted octanol–water partition coefficient (Wildman–Crippen LogP) is 15.7. The van der Waals surface area contributed by atoms with Gasteiger partial charge in [-0.25, -0.2) is 87.8 Å². The Hall–Kier alpha value is -8.04. The molecule has 0 aliphatic rings. The number of halogens is 20. The maximum atomic E-state index is 15.6. The summed E-state index contributed by atoms with van der Waals surface area (Å²) in [6.45, 7) is 0. The van der Waals surface area contributed by atoms with Crippen molar-refractivity contribution in [1.29, 1.82) is 0 Å². The minimum Gasteiger partial charge on any atom is -0.309 e. The van der Waals surface area contributed by atoms with Gasteiger partial charge in [-0.1, -0.05) is 18.2 Å². The summed E-state index contributed by atoms with van der Waals surface area (Å²) in [5, 5.41) is -1.40. The third-order valence-electron chi connectivity index (χ3n) is 11.7. The summed E-state index contributed by atoms with van der Waals surface area (Å²) >= 11 is 0. The summed E-state index contributed by atoms with van der Waals surface area (Å²) in [5.74, 6) is -48.1. The van der Waals surface area contributed by atoms with Gasteiger partial charge >= 0.3 is 0 Å². The molecule has 0 aliphatic carbocycles. The molecule has 2 nitrogen and oxygen atoms in total. The largest absolute Gasteiger partial charge is 0.309 e. The number of hydrogen-bond acceptors (Lipinski definition) is 0. The van der Waals surface area contributed by atoms with Crippen molar-refractivity contribution in [3.8, 4) is 44.8 Å². The van der Waals surface area contributed by atoms with E-state index >= 15 is 35.1 Å². The molecule has 354 valence electrons. The molecular weight excluding hydrogens is 985 g/mol. The van der Waals surface area contributed by atoms with E-state index in [1.807, 2.05) is 0 Å². The normalized spacial score (nSPS) is 12.0. The van der Waals surface area contributed by atoms with Crippen molar-refractivity contribution in [2.45, 2.75) is 0 Å². The van der Waals surface area contributed by atoms with Crippen molar-refractivity contribution in [3.05, 3.63) is 189 Å². The van der Waals surface area contributed by atoms with Gasteiger partial charge in [0.25, 0.3) is 0 Å². The van der Waals surface area contributed by atoms with Crippen molar-refractivity contribution < 1.29 is 87.8 Å². The number of nitrogens with zero attached hydrogens (tertiary/aromatic N) is 2. The molecule has 70 heavy (non-hydrogen) atoms. The summed E-state index contributed by atoms with van der Waals surface area (Å²) in [7, 11) is 0. The Morgan fingerprint density at radius 1 is 0.214 bits per heavy atom. The highest BCUT2D eigenvalue weighted by Crippen LogP contribution is 2.44. The standard InChI is InChI=1S/C48H12F20N2/c49-28-25(29(50)35(56)40(61)34(28)55)13-1-5-21-17(9-13)18-10-14(26-30(51)36(57)41(62)37(58)31(26)52)2-6-22(18)69(21)16-4-8-24-20(12-16)19-11-15(27-32(53)38(59)42(63)39(60)33(27)54)3-7-23(19)70(24)48-46(67)44(65)43(64)45(66)47(48)68/h1-12H. The highest BCUT2D eigenvalue weighted by Gasteiger charge is 2.33. The van der Waals surface area contributed by atoms with E-state index < -0.39 is 172 Å². The third-order valence-corrected chi connectivity index (χ3v) is 11.7. The molecule has 0 bridgehead atoms. The summed E-state index contributed by atoms with van der Waals surface area (Å²) < 4.78 is 297. The first kappa shape index (κ1) is 45.7. The quantitative estimate of drug-likeness (QED) is 0.0924. The molecule has 0 unspecified atom stereocenters. The number of fused-ring (bicyclic) bond motifs is 6. The molecule has 22 heteroatoms. The number of benzene rings is 8. The van der Waals surface area contributed by atoms with Gasteiger partial charge < -0.3 is 9.13 Å². The second-order valence-corrected chi connectivity index (χ2v) is 15.3. The minimum absolute atomic E-state index is 0.165. The average molecular weight is 997 g/mol. The third kappa shape index (κ3) is 6.16. The smallest absolute Gasteiger partial charge is 0.200 e. The Morgan fingerprint density at radius 3 is 0.743 bits per heavy atom. The molecule has 0 fully saturated rings. The van der Waals surface area contributed by atoms with Gasteiger partial charge in [0.2, 0.25) is 23.3 Å². The Morgan fingerprint density at radius 2 is 0.443 bits per heavy atom. The van der Waals surface area contributed by atoms with Gasteiger partial charge in [0.15, 0.2) is 93.1 Å². The first-order chi connectivity index (χ1) is 33.1. The van der Waals surface area contributed by atoms with Gasteiger partial charge in [-0.2, -0.15) is 0 Å². The topological polar surface area (TPSA) is 9.86 Å². The van der Waals surface area contributed by atoms with E-state index in [-0.39, 0.29) is 32.9 Å². The zero-order valence-electron chi connectivity index (χ0n) is 33.4. The van der Waals surface area contributed by atoms with E-state index in [2.05, 4.69) is 0 Å². The monoisotopic (exact) mass is 996 g/mol. The summed E-state index contributed by atoms with van der Waals surface area (Å²) in [6.07, 6.45) is 0. The van der Waals surface area contributed by atoms with Crippen molar-refractivity contribution in [3.63, 3.8) is 0 Å². The van der Waals surface area contributed by atoms with Crippen LogP contribution in [0.3, 0.4) is 0 Å². The maximum Gasteiger partial charge on any atom is 0.200 e. The van der Waals surface area contributed by atoms with Crippen LogP contribution >= 0.6 is 0 Å². The van der Waals surface area contributed by atoms with Crippen LogP contribution in [0.5, 0.6) is 0 Å². The molecule has 0 radical (unpaired) electrons. The molecule has 10 aromatic rings. The van der Waals surface area contributed by atoms with E-state index in [0.29, 0.717) is 10.6 Å². The average Bonchev–Trinajstić information content (AvgIpc) is 3.85. The zero-order chi connectivity index (χ0) is 50.4. The minimum atomic E-state index is -2.58. The molecule has 0 saturated heterocycles. The van der Waals surface area contributed by atoms with Gasteiger partial charge in [0.1, 0.15) is 5.69 Å². The fraction of sp³-hybridized carbons (Fsp3) is 0. The lowest BCUT2D eigenvalue weighted by Crippen LogP contribution is -2.09. The van der Waals surface area contributed by atoms with Gasteiger partial charge in [-0.3, -0.25) is 0 Å². The molecule has 8 aromatic carbocycles. The first-order valence-corrected chi connectivity index (χ1v) is 19.3. The first-order valence-electron chi connectivity index (χ1n) is 19.3. The highest BCUT2D eigenvalue weighted by atomic mass is 19.2. The predicted molar refractivity (Wildman–Crippen MR) is 211 cm³/mol. The van der Waals surface area contributed by atoms with Crippen LogP contribution in [0, 0.1) is 116 Å². The van der Waals surface area contributed by atoms with Crippen LogP contribution in [-0.4, -0.2) is 9.13 Å². The summed E-state index contributed by atoms with van der Waals surface area (Å²) in [4.78, 5) is 0. The van der Waals surface area contributed by atoms with Gasteiger partial charge in [-0.05, 0) is 71.3 Å². The maximum absolute atomic E-state index is 15.6. The van der Waals surface area contributed by atoms with Crippen LogP contribution in [0.15, 0.2) is 72.8 Å². The number of aromatic nitrogens is 2. The molecule has 0 amide bonds. The molecule has 10 rings (SSSR count). The van der Waals surface area contributed by atoms with Crippen LogP contribution < -0.4 is 0 Å². The lowest BCUT2D eigenvalue weighted by molar-refractivity contribution is 0.376. The fourth-order valence-corrected chi connectivity index (χ4v) is 8.52. The van der Waals surface area contributed by atoms with E-state index in [0.717, 1.165) is 66.7 Å². The van der Waals surface area contributed by atoms with Gasteiger partial charge in [0.05, 0.1) is 38.8 Å². The zero-order valence-corrected chi connectivity index (χ0v) is 33.4. The van der Waals surface area contributed by atoms with Crippen molar-refractivity contribution in [1.82, 2.24) is 9.13 Å². The van der Waals surface area contributed by atoms with Crippen LogP contribution in [0.4, 0.5) is 87.8 Å². The molecule has 0 atom stereocenters. The molecule has 2 heterocycles. The van der Waals surface area contributed by atoms with E-state index in [4.69, 9.17) is 0 Å². The van der Waals surface area contributed by atoms with E-state index in [1.165, 1.54) is 4.57 Å². The lowest BCUT2D eigenvalue weighted by atomic mass is 9.98. The molecule has 0 spiro atoms. The molecular formula is C48H12F20N2.